The van der Waals surface area contributed by atoms with Crippen LogP contribution in [-0.2, 0) is 11.3 Å². The first-order valence-electron chi connectivity index (χ1n) is 8.74. The summed E-state index contributed by atoms with van der Waals surface area (Å²) < 4.78 is 1.92. The zero-order chi connectivity index (χ0) is 20.1. The molecule has 7 nitrogen and oxygen atoms in total. The molecular formula is C20H20N4O3S. The highest BCUT2D eigenvalue weighted by Crippen LogP contribution is 2.25. The summed E-state index contributed by atoms with van der Waals surface area (Å²) in [6.45, 7) is 4.13. The van der Waals surface area contributed by atoms with Crippen LogP contribution < -0.4 is 5.32 Å². The summed E-state index contributed by atoms with van der Waals surface area (Å²) in [4.78, 5) is 23.5. The number of ketones is 1. The Hall–Kier alpha value is -3.13. The van der Waals surface area contributed by atoms with Gasteiger partial charge < -0.3 is 15.0 Å². The Labute approximate surface area is 166 Å². The molecule has 2 aromatic carbocycles. The molecule has 3 rings (SSSR count). The van der Waals surface area contributed by atoms with Crippen LogP contribution in [0.2, 0.25) is 0 Å². The van der Waals surface area contributed by atoms with Gasteiger partial charge in [0.15, 0.2) is 16.8 Å². The smallest absolute Gasteiger partial charge is 0.234 e. The van der Waals surface area contributed by atoms with Crippen molar-refractivity contribution in [2.24, 2.45) is 0 Å². The van der Waals surface area contributed by atoms with Crippen molar-refractivity contribution in [3.63, 3.8) is 0 Å². The minimum absolute atomic E-state index is 0.0169. The maximum Gasteiger partial charge on any atom is 0.234 e. The fraction of sp³-hybridized carbons (Fsp3) is 0.200. The number of benzene rings is 2. The zero-order valence-corrected chi connectivity index (χ0v) is 16.4. The van der Waals surface area contributed by atoms with Crippen LogP contribution >= 0.6 is 11.8 Å². The fourth-order valence-corrected chi connectivity index (χ4v) is 3.42. The third-order valence-electron chi connectivity index (χ3n) is 4.07. The van der Waals surface area contributed by atoms with Crippen LogP contribution in [0, 0.1) is 0 Å². The lowest BCUT2D eigenvalue weighted by molar-refractivity contribution is -0.113. The van der Waals surface area contributed by atoms with E-state index in [0.29, 0.717) is 28.8 Å². The maximum atomic E-state index is 12.2. The molecule has 0 spiro atoms. The Morgan fingerprint density at radius 3 is 2.36 bits per heavy atom. The molecule has 1 amide bonds. The number of thioether (sulfide) groups is 1. The lowest BCUT2D eigenvalue weighted by Gasteiger charge is -2.08. The number of nitrogens with zero attached hydrogens (tertiary/aromatic N) is 3. The molecule has 0 saturated heterocycles. The lowest BCUT2D eigenvalue weighted by Crippen LogP contribution is -2.14. The third kappa shape index (κ3) is 4.58. The van der Waals surface area contributed by atoms with E-state index in [1.165, 1.54) is 18.7 Å². The quantitative estimate of drug-likeness (QED) is 0.468. The maximum absolute atomic E-state index is 12.2. The van der Waals surface area contributed by atoms with Gasteiger partial charge in [-0.05, 0) is 62.4 Å². The number of anilines is 1. The number of nitrogens with one attached hydrogen (secondary N) is 1. The highest BCUT2D eigenvalue weighted by atomic mass is 32.2. The average molecular weight is 396 g/mol. The van der Waals surface area contributed by atoms with E-state index in [-0.39, 0.29) is 23.2 Å². The molecular weight excluding hydrogens is 376 g/mol. The van der Waals surface area contributed by atoms with Gasteiger partial charge in [0.1, 0.15) is 5.75 Å². The van der Waals surface area contributed by atoms with Crippen LogP contribution in [0.25, 0.3) is 11.4 Å². The van der Waals surface area contributed by atoms with Crippen molar-refractivity contribution >= 4 is 29.1 Å². The molecule has 0 aliphatic rings. The molecule has 0 saturated carbocycles. The molecule has 0 fully saturated rings. The van der Waals surface area contributed by atoms with Gasteiger partial charge in [-0.25, -0.2) is 0 Å². The number of Topliss-reactive ketones (excluding diaryl/α,β-unsaturated/α-hetero) is 1. The molecule has 0 atom stereocenters. The van der Waals surface area contributed by atoms with Crippen molar-refractivity contribution in [2.75, 3.05) is 11.1 Å². The first-order valence-corrected chi connectivity index (χ1v) is 9.72. The number of rotatable bonds is 7. The largest absolute Gasteiger partial charge is 0.508 e. The van der Waals surface area contributed by atoms with E-state index < -0.39 is 0 Å². The van der Waals surface area contributed by atoms with Gasteiger partial charge in [0.25, 0.3) is 0 Å². The Bertz CT molecular complexity index is 982. The highest BCUT2D eigenvalue weighted by molar-refractivity contribution is 7.99. The van der Waals surface area contributed by atoms with E-state index in [0.717, 1.165) is 5.56 Å². The lowest BCUT2D eigenvalue weighted by atomic mass is 10.1. The molecule has 1 aromatic heterocycles. The minimum atomic E-state index is -0.169. The van der Waals surface area contributed by atoms with Crippen LogP contribution in [0.5, 0.6) is 5.75 Å². The van der Waals surface area contributed by atoms with Gasteiger partial charge in [-0.1, -0.05) is 11.8 Å². The molecule has 0 aliphatic heterocycles. The normalized spacial score (nSPS) is 10.6. The van der Waals surface area contributed by atoms with Crippen LogP contribution in [0.1, 0.15) is 24.2 Å². The van der Waals surface area contributed by atoms with E-state index in [2.05, 4.69) is 15.5 Å². The standard InChI is InChI=1S/C20H20N4O3S/c1-3-24-19(15-6-10-17(26)11-7-15)22-23-20(24)28-12-18(27)21-16-8-4-14(5-9-16)13(2)25/h4-11,26H,3,12H2,1-2H3,(H,21,27). The molecule has 1 heterocycles. The fourth-order valence-electron chi connectivity index (χ4n) is 2.62. The van der Waals surface area contributed by atoms with Crippen LogP contribution in [-0.4, -0.2) is 37.3 Å². The molecule has 0 aliphatic carbocycles. The third-order valence-corrected chi connectivity index (χ3v) is 5.03. The van der Waals surface area contributed by atoms with Crippen molar-refractivity contribution in [2.45, 2.75) is 25.5 Å². The number of phenols is 1. The molecule has 0 bridgehead atoms. The van der Waals surface area contributed by atoms with Crippen LogP contribution in [0.15, 0.2) is 53.7 Å². The molecule has 2 N–H and O–H groups in total. The molecule has 0 unspecified atom stereocenters. The second kappa shape index (κ2) is 8.71. The number of amides is 1. The highest BCUT2D eigenvalue weighted by Gasteiger charge is 2.15. The van der Waals surface area contributed by atoms with Gasteiger partial charge in [-0.3, -0.25) is 9.59 Å². The first kappa shape index (κ1) is 19.6. The second-order valence-corrected chi connectivity index (χ2v) is 7.01. The van der Waals surface area contributed by atoms with Crippen LogP contribution in [0.4, 0.5) is 5.69 Å². The van der Waals surface area contributed by atoms with E-state index in [1.54, 1.807) is 48.5 Å². The van der Waals surface area contributed by atoms with Crippen molar-refractivity contribution in [3.05, 3.63) is 54.1 Å². The molecule has 3 aromatic rings. The predicted octanol–water partition coefficient (Wildman–Crippen LogP) is 3.60. The number of phenolic OH excluding ortho intramolecular Hbond substituents is 1. The van der Waals surface area contributed by atoms with Crippen molar-refractivity contribution in [1.29, 1.82) is 0 Å². The summed E-state index contributed by atoms with van der Waals surface area (Å²) >= 11 is 1.30. The summed E-state index contributed by atoms with van der Waals surface area (Å²) in [6, 6.07) is 13.5. The minimum Gasteiger partial charge on any atom is -0.508 e. The van der Waals surface area contributed by atoms with E-state index in [1.807, 2.05) is 11.5 Å². The predicted molar refractivity (Wildman–Crippen MR) is 109 cm³/mol. The average Bonchev–Trinajstić information content (AvgIpc) is 3.10. The number of hydrogen-bond acceptors (Lipinski definition) is 6. The number of carbonyl (C=O) groups is 2. The summed E-state index contributed by atoms with van der Waals surface area (Å²) in [5.41, 5.74) is 2.08. The van der Waals surface area contributed by atoms with Crippen molar-refractivity contribution in [1.82, 2.24) is 14.8 Å². The molecule has 144 valence electrons. The van der Waals surface area contributed by atoms with Gasteiger partial charge in [-0.15, -0.1) is 10.2 Å². The Kier molecular flexibility index (Phi) is 6.10. The van der Waals surface area contributed by atoms with Gasteiger partial charge >= 0.3 is 0 Å². The zero-order valence-electron chi connectivity index (χ0n) is 15.5. The first-order chi connectivity index (χ1) is 13.5. The summed E-state index contributed by atoms with van der Waals surface area (Å²) in [6.07, 6.45) is 0. The number of hydrogen-bond donors (Lipinski definition) is 2. The van der Waals surface area contributed by atoms with Crippen molar-refractivity contribution < 1.29 is 14.7 Å². The van der Waals surface area contributed by atoms with Gasteiger partial charge in [0.05, 0.1) is 5.75 Å². The molecule has 28 heavy (non-hydrogen) atoms. The summed E-state index contributed by atoms with van der Waals surface area (Å²) in [5.74, 6) is 0.871. The van der Waals surface area contributed by atoms with Gasteiger partial charge in [0.2, 0.25) is 5.91 Å². The number of carbonyl (C=O) groups excluding carboxylic acids is 2. The summed E-state index contributed by atoms with van der Waals surface area (Å²) in [5, 5.41) is 21.3. The van der Waals surface area contributed by atoms with Gasteiger partial charge in [0, 0.05) is 23.4 Å². The second-order valence-electron chi connectivity index (χ2n) is 6.07. The Morgan fingerprint density at radius 1 is 1.07 bits per heavy atom. The summed E-state index contributed by atoms with van der Waals surface area (Å²) in [7, 11) is 0. The molecule has 0 radical (unpaired) electrons. The number of aromatic hydroxyl groups is 1. The topological polar surface area (TPSA) is 97.1 Å². The van der Waals surface area contributed by atoms with E-state index >= 15 is 0 Å². The van der Waals surface area contributed by atoms with E-state index in [4.69, 9.17) is 0 Å². The SMILES string of the molecule is CCn1c(SCC(=O)Nc2ccc(C(C)=O)cc2)nnc1-c1ccc(O)cc1. The van der Waals surface area contributed by atoms with Crippen LogP contribution in [0.3, 0.4) is 0 Å². The van der Waals surface area contributed by atoms with Crippen molar-refractivity contribution in [3.8, 4) is 17.1 Å². The molecule has 8 heteroatoms. The Balaban J connectivity index is 1.64. The van der Waals surface area contributed by atoms with E-state index in [9.17, 15) is 14.7 Å². The Morgan fingerprint density at radius 2 is 1.75 bits per heavy atom. The van der Waals surface area contributed by atoms with Gasteiger partial charge in [-0.2, -0.15) is 0 Å². The monoisotopic (exact) mass is 396 g/mol. The number of aromatic nitrogens is 3.